The minimum absolute atomic E-state index is 0. The van der Waals surface area contributed by atoms with E-state index in [0.717, 1.165) is 16.7 Å². The van der Waals surface area contributed by atoms with Gasteiger partial charge in [-0.05, 0) is 57.2 Å². The van der Waals surface area contributed by atoms with E-state index < -0.39 is 7.82 Å². The van der Waals surface area contributed by atoms with E-state index in [1.165, 1.54) is 0 Å². The Morgan fingerprint density at radius 3 is 0.900 bits per heavy atom. The van der Waals surface area contributed by atoms with E-state index >= 15 is 0 Å². The maximum atomic E-state index is 13.3. The minimum atomic E-state index is -3.93. The summed E-state index contributed by atoms with van der Waals surface area (Å²) in [5.41, 5.74) is 3.23. The third kappa shape index (κ3) is 8.60. The van der Waals surface area contributed by atoms with Crippen molar-refractivity contribution in [3.05, 3.63) is 89.5 Å². The molecule has 0 spiro atoms. The van der Waals surface area contributed by atoms with Crippen molar-refractivity contribution >= 4 is 25.2 Å². The molecule has 30 heavy (non-hydrogen) atoms. The van der Waals surface area contributed by atoms with Crippen LogP contribution in [0.1, 0.15) is 16.7 Å². The van der Waals surface area contributed by atoms with Gasteiger partial charge in [-0.3, -0.25) is 0 Å². The fraction of sp³-hybridized carbons (Fsp3) is 0.143. The number of phosphoric ester groups is 1. The van der Waals surface area contributed by atoms with Crippen LogP contribution >= 0.6 is 7.82 Å². The van der Waals surface area contributed by atoms with Gasteiger partial charge in [0.25, 0.3) is 0 Å². The monoisotopic (exact) mass is 446 g/mol. The molecular formula is C21H24AlO7P. The molecule has 3 rings (SSSR count). The Balaban J connectivity index is 0. The van der Waals surface area contributed by atoms with Crippen LogP contribution in [-0.4, -0.2) is 33.8 Å². The average Bonchev–Trinajstić information content (AvgIpc) is 2.61. The molecule has 0 amide bonds. The molecule has 3 N–H and O–H groups in total. The van der Waals surface area contributed by atoms with Crippen molar-refractivity contribution in [1.29, 1.82) is 0 Å². The van der Waals surface area contributed by atoms with E-state index in [1.807, 2.05) is 57.2 Å². The molecule has 0 aliphatic heterocycles. The molecule has 0 unspecified atom stereocenters. The van der Waals surface area contributed by atoms with Crippen LogP contribution in [0.4, 0.5) is 0 Å². The van der Waals surface area contributed by atoms with Crippen LogP contribution in [-0.2, 0) is 4.57 Å². The van der Waals surface area contributed by atoms with Crippen LogP contribution < -0.4 is 13.6 Å². The van der Waals surface area contributed by atoms with Crippen LogP contribution in [0.5, 0.6) is 17.2 Å². The first-order chi connectivity index (χ1) is 12.4. The second-order valence-electron chi connectivity index (χ2n) is 6.16. The quantitative estimate of drug-likeness (QED) is 0.368. The van der Waals surface area contributed by atoms with Gasteiger partial charge in [-0.25, -0.2) is 0 Å². The van der Waals surface area contributed by atoms with Crippen molar-refractivity contribution < 1.29 is 34.6 Å². The van der Waals surface area contributed by atoms with Crippen LogP contribution in [0.15, 0.2) is 72.8 Å². The molecule has 3 aromatic carbocycles. The van der Waals surface area contributed by atoms with E-state index in [-0.39, 0.29) is 33.8 Å². The first-order valence-electron chi connectivity index (χ1n) is 8.31. The van der Waals surface area contributed by atoms with E-state index in [2.05, 4.69) is 0 Å². The SMILES string of the molecule is Cc1ccc(OP(=O)(Oc2ccc(C)cc2)Oc2ccc(C)cc2)cc1.[Al+3].[OH-].[OH-].[OH-]. The Morgan fingerprint density at radius 1 is 0.500 bits per heavy atom. The zero-order valence-electron chi connectivity index (χ0n) is 16.9. The Kier molecular flexibility index (Phi) is 13.1. The van der Waals surface area contributed by atoms with Crippen molar-refractivity contribution in [3.63, 3.8) is 0 Å². The maximum absolute atomic E-state index is 13.3. The number of benzene rings is 3. The number of aryl methyl sites for hydroxylation is 3. The first kappa shape index (κ1) is 29.9. The van der Waals surface area contributed by atoms with Crippen LogP contribution in [0.25, 0.3) is 0 Å². The molecule has 0 radical (unpaired) electrons. The zero-order valence-corrected chi connectivity index (χ0v) is 19.0. The van der Waals surface area contributed by atoms with E-state index in [9.17, 15) is 4.57 Å². The summed E-state index contributed by atoms with van der Waals surface area (Å²) in [4.78, 5) is 0. The van der Waals surface area contributed by atoms with Gasteiger partial charge in [-0.15, -0.1) is 0 Å². The van der Waals surface area contributed by atoms with Crippen LogP contribution in [0.3, 0.4) is 0 Å². The predicted octanol–water partition coefficient (Wildman–Crippen LogP) is 5.35. The van der Waals surface area contributed by atoms with Gasteiger partial charge in [-0.1, -0.05) is 53.1 Å². The number of hydrogen-bond acceptors (Lipinski definition) is 7. The molecule has 0 saturated carbocycles. The van der Waals surface area contributed by atoms with Gasteiger partial charge in [0.2, 0.25) is 0 Å². The topological polar surface area (TPSA) is 135 Å². The predicted molar refractivity (Wildman–Crippen MR) is 115 cm³/mol. The summed E-state index contributed by atoms with van der Waals surface area (Å²) >= 11 is 0. The van der Waals surface area contributed by atoms with E-state index in [1.54, 1.807) is 36.4 Å². The molecule has 9 heteroatoms. The smallest absolute Gasteiger partial charge is 0.870 e. The summed E-state index contributed by atoms with van der Waals surface area (Å²) in [5, 5.41) is 0. The van der Waals surface area contributed by atoms with Gasteiger partial charge in [0, 0.05) is 0 Å². The number of phosphoric acid groups is 1. The minimum Gasteiger partial charge on any atom is -0.870 e. The first-order valence-corrected chi connectivity index (χ1v) is 9.77. The van der Waals surface area contributed by atoms with Crippen molar-refractivity contribution in [2.75, 3.05) is 0 Å². The normalized spacial score (nSPS) is 9.57. The third-order valence-corrected chi connectivity index (χ3v) is 5.02. The Morgan fingerprint density at radius 2 is 0.700 bits per heavy atom. The number of rotatable bonds is 6. The van der Waals surface area contributed by atoms with Crippen molar-refractivity contribution in [1.82, 2.24) is 0 Å². The van der Waals surface area contributed by atoms with E-state index in [4.69, 9.17) is 13.6 Å². The average molecular weight is 446 g/mol. The van der Waals surface area contributed by atoms with Gasteiger partial charge in [0.1, 0.15) is 17.2 Å². The van der Waals surface area contributed by atoms with Crippen molar-refractivity contribution in [2.24, 2.45) is 0 Å². The molecule has 0 bridgehead atoms. The molecular weight excluding hydrogens is 422 g/mol. The van der Waals surface area contributed by atoms with E-state index in [0.29, 0.717) is 17.2 Å². The van der Waals surface area contributed by atoms with Gasteiger partial charge in [0.05, 0.1) is 0 Å². The number of hydrogen-bond donors (Lipinski definition) is 0. The molecule has 0 heterocycles. The molecule has 7 nitrogen and oxygen atoms in total. The molecule has 3 aromatic rings. The maximum Gasteiger partial charge on any atom is 3.00 e. The molecule has 0 atom stereocenters. The Hall–Kier alpha value is -2.30. The standard InChI is InChI=1S/C21H21O4P.Al.3H2O/c1-16-4-10-19(11-5-16)23-26(22,24-20-12-6-17(2)7-13-20)25-21-14-8-18(3)9-15-21;;;;/h4-15H,1-3H3;;3*1H2/q;+3;;;/p-3. The van der Waals surface area contributed by atoms with Crippen molar-refractivity contribution in [2.45, 2.75) is 20.8 Å². The van der Waals surface area contributed by atoms with Gasteiger partial charge < -0.3 is 30.0 Å². The summed E-state index contributed by atoms with van der Waals surface area (Å²) in [5.74, 6) is 1.24. The summed E-state index contributed by atoms with van der Waals surface area (Å²) in [6.07, 6.45) is 0. The Bertz CT molecular complexity index is 791. The molecule has 0 aromatic heterocycles. The molecule has 0 aliphatic carbocycles. The van der Waals surface area contributed by atoms with Gasteiger partial charge in [-0.2, -0.15) is 4.57 Å². The second kappa shape index (κ2) is 13.1. The zero-order chi connectivity index (χ0) is 18.6. The summed E-state index contributed by atoms with van der Waals surface area (Å²) in [6, 6.07) is 21.6. The van der Waals surface area contributed by atoms with Gasteiger partial charge in [0.15, 0.2) is 0 Å². The van der Waals surface area contributed by atoms with Crippen LogP contribution in [0.2, 0.25) is 0 Å². The second-order valence-corrected chi connectivity index (χ2v) is 7.60. The van der Waals surface area contributed by atoms with Crippen molar-refractivity contribution in [3.8, 4) is 17.2 Å². The summed E-state index contributed by atoms with van der Waals surface area (Å²) in [6.45, 7) is 5.90. The summed E-state index contributed by atoms with van der Waals surface area (Å²) in [7, 11) is -3.93. The molecule has 158 valence electrons. The third-order valence-electron chi connectivity index (χ3n) is 3.71. The molecule has 0 fully saturated rings. The van der Waals surface area contributed by atoms with Crippen LogP contribution in [0, 0.1) is 20.8 Å². The molecule has 0 saturated heterocycles. The fourth-order valence-electron chi connectivity index (χ4n) is 2.24. The Labute approximate surface area is 187 Å². The fourth-order valence-corrected chi connectivity index (χ4v) is 3.49. The largest absolute Gasteiger partial charge is 3.00 e. The van der Waals surface area contributed by atoms with Gasteiger partial charge >= 0.3 is 25.2 Å². The summed E-state index contributed by atoms with van der Waals surface area (Å²) < 4.78 is 30.2. The molecule has 0 aliphatic rings.